The molecule has 0 saturated carbocycles. The third-order valence-corrected chi connectivity index (χ3v) is 4.36. The Labute approximate surface area is 134 Å². The van der Waals surface area contributed by atoms with E-state index in [9.17, 15) is 18.6 Å². The number of ether oxygens (including phenoxy) is 1. The van der Waals surface area contributed by atoms with Gasteiger partial charge in [-0.15, -0.1) is 0 Å². The van der Waals surface area contributed by atoms with Crippen LogP contribution in [0.25, 0.3) is 0 Å². The third-order valence-electron chi connectivity index (χ3n) is 2.98. The van der Waals surface area contributed by atoms with Crippen LogP contribution in [-0.2, 0) is 10.0 Å². The average molecular weight is 338 g/mol. The molecule has 1 atom stereocenters. The first-order chi connectivity index (χ1) is 10.9. The summed E-state index contributed by atoms with van der Waals surface area (Å²) in [6, 6.07) is 11.9. The van der Waals surface area contributed by atoms with Crippen LogP contribution in [0.3, 0.4) is 0 Å². The van der Waals surface area contributed by atoms with Crippen LogP contribution in [0, 0.1) is 0 Å². The minimum atomic E-state index is -3.82. The summed E-state index contributed by atoms with van der Waals surface area (Å²) in [5, 5.41) is 19.2. The molecular formula is C15H18N2O5S. The van der Waals surface area contributed by atoms with Crippen molar-refractivity contribution >= 4 is 15.7 Å². The minimum Gasteiger partial charge on any atom is -0.506 e. The molecule has 2 aromatic carbocycles. The van der Waals surface area contributed by atoms with E-state index in [1.807, 2.05) is 0 Å². The quantitative estimate of drug-likeness (QED) is 0.556. The summed E-state index contributed by atoms with van der Waals surface area (Å²) in [6.45, 7) is 0.0116. The van der Waals surface area contributed by atoms with Gasteiger partial charge < -0.3 is 20.7 Å². The van der Waals surface area contributed by atoms with Crippen LogP contribution in [0.1, 0.15) is 0 Å². The van der Waals surface area contributed by atoms with Crippen LogP contribution in [0.4, 0.5) is 5.69 Å². The monoisotopic (exact) mass is 338 g/mol. The van der Waals surface area contributed by atoms with Gasteiger partial charge in [0.1, 0.15) is 24.2 Å². The number of hydrogen-bond acceptors (Lipinski definition) is 6. The highest BCUT2D eigenvalue weighted by atomic mass is 32.2. The molecule has 23 heavy (non-hydrogen) atoms. The zero-order chi connectivity index (χ0) is 16.9. The van der Waals surface area contributed by atoms with Crippen molar-refractivity contribution < 1.29 is 23.4 Å². The van der Waals surface area contributed by atoms with Crippen molar-refractivity contribution in [3.8, 4) is 11.5 Å². The van der Waals surface area contributed by atoms with Crippen molar-refractivity contribution in [2.24, 2.45) is 5.73 Å². The largest absolute Gasteiger partial charge is 0.506 e. The summed E-state index contributed by atoms with van der Waals surface area (Å²) in [4.78, 5) is 0.0734. The second-order valence-corrected chi connectivity index (χ2v) is 6.48. The molecule has 2 aromatic rings. The molecule has 0 unspecified atom stereocenters. The smallest absolute Gasteiger partial charge is 0.262 e. The van der Waals surface area contributed by atoms with E-state index in [1.54, 1.807) is 18.2 Å². The Kier molecular flexibility index (Phi) is 5.43. The molecule has 2 rings (SSSR count). The van der Waals surface area contributed by atoms with Crippen molar-refractivity contribution in [1.82, 2.24) is 0 Å². The minimum absolute atomic E-state index is 0.0198. The molecule has 0 aromatic heterocycles. The van der Waals surface area contributed by atoms with Crippen LogP contribution in [0.2, 0.25) is 0 Å². The maximum Gasteiger partial charge on any atom is 0.262 e. The van der Waals surface area contributed by atoms with Gasteiger partial charge in [0.25, 0.3) is 10.0 Å². The number of phenolic OH excluding ortho intramolecular Hbond substituents is 1. The molecule has 0 aliphatic carbocycles. The van der Waals surface area contributed by atoms with Gasteiger partial charge in [-0.25, -0.2) is 8.42 Å². The number of nitrogens with one attached hydrogen (secondary N) is 1. The van der Waals surface area contributed by atoms with E-state index < -0.39 is 16.1 Å². The third kappa shape index (κ3) is 4.59. The Morgan fingerprint density at radius 3 is 2.52 bits per heavy atom. The number of aromatic hydroxyl groups is 1. The average Bonchev–Trinajstić information content (AvgIpc) is 2.55. The normalized spacial score (nSPS) is 12.6. The Balaban J connectivity index is 2.19. The lowest BCUT2D eigenvalue weighted by Gasteiger charge is -2.13. The van der Waals surface area contributed by atoms with Crippen LogP contribution in [0.15, 0.2) is 53.4 Å². The SMILES string of the molecule is NC[C@H](O)COc1ccc(O)c(NS(=O)(=O)c2ccccc2)c1. The molecule has 8 heteroatoms. The standard InChI is InChI=1S/C15H18N2O5S/c16-9-11(18)10-22-12-6-7-15(19)14(8-12)17-23(20,21)13-4-2-1-3-5-13/h1-8,11,17-19H,9-10,16H2/t11-/m0/s1. The lowest BCUT2D eigenvalue weighted by atomic mass is 10.3. The van der Waals surface area contributed by atoms with Gasteiger partial charge in [0.2, 0.25) is 0 Å². The second kappa shape index (κ2) is 7.32. The summed E-state index contributed by atoms with van der Waals surface area (Å²) in [6.07, 6.45) is -0.826. The number of sulfonamides is 1. The molecule has 0 saturated heterocycles. The fourth-order valence-electron chi connectivity index (χ4n) is 1.75. The Morgan fingerprint density at radius 2 is 1.87 bits per heavy atom. The Bertz CT molecular complexity index is 750. The Morgan fingerprint density at radius 1 is 1.17 bits per heavy atom. The highest BCUT2D eigenvalue weighted by molar-refractivity contribution is 7.92. The lowest BCUT2D eigenvalue weighted by Crippen LogP contribution is -2.26. The molecule has 0 radical (unpaired) electrons. The zero-order valence-corrected chi connectivity index (χ0v) is 13.0. The summed E-state index contributed by atoms with van der Waals surface area (Å²) in [5.74, 6) is 0.0530. The maximum absolute atomic E-state index is 12.3. The summed E-state index contributed by atoms with van der Waals surface area (Å²) < 4.78 is 32.1. The van der Waals surface area contributed by atoms with Gasteiger partial charge in [-0.05, 0) is 24.3 Å². The van der Waals surface area contributed by atoms with E-state index in [0.717, 1.165) is 0 Å². The molecular weight excluding hydrogens is 320 g/mol. The summed E-state index contributed by atoms with van der Waals surface area (Å²) in [5.41, 5.74) is 5.26. The molecule has 0 heterocycles. The van der Waals surface area contributed by atoms with Gasteiger partial charge in [-0.1, -0.05) is 18.2 Å². The molecule has 0 bridgehead atoms. The van der Waals surface area contributed by atoms with Crippen LogP contribution in [-0.4, -0.2) is 37.9 Å². The fourth-order valence-corrected chi connectivity index (χ4v) is 2.84. The van der Waals surface area contributed by atoms with E-state index in [4.69, 9.17) is 10.5 Å². The van der Waals surface area contributed by atoms with E-state index in [1.165, 1.54) is 30.3 Å². The molecule has 5 N–H and O–H groups in total. The highest BCUT2D eigenvalue weighted by Crippen LogP contribution is 2.30. The molecule has 0 amide bonds. The zero-order valence-electron chi connectivity index (χ0n) is 12.2. The first-order valence-electron chi connectivity index (χ1n) is 6.84. The van der Waals surface area contributed by atoms with Crippen molar-refractivity contribution in [3.05, 3.63) is 48.5 Å². The first-order valence-corrected chi connectivity index (χ1v) is 8.32. The molecule has 7 nitrogen and oxygen atoms in total. The summed E-state index contributed by atoms with van der Waals surface area (Å²) in [7, 11) is -3.82. The number of rotatable bonds is 7. The van der Waals surface area contributed by atoms with Gasteiger partial charge >= 0.3 is 0 Å². The number of anilines is 1. The number of aliphatic hydroxyl groups excluding tert-OH is 1. The van der Waals surface area contributed by atoms with E-state index in [2.05, 4.69) is 4.72 Å². The molecule has 0 aliphatic heterocycles. The topological polar surface area (TPSA) is 122 Å². The van der Waals surface area contributed by atoms with E-state index in [0.29, 0.717) is 5.75 Å². The van der Waals surface area contributed by atoms with Crippen LogP contribution >= 0.6 is 0 Å². The van der Waals surface area contributed by atoms with Gasteiger partial charge in [0, 0.05) is 12.6 Å². The number of aliphatic hydroxyl groups is 1. The van der Waals surface area contributed by atoms with Crippen LogP contribution in [0.5, 0.6) is 11.5 Å². The molecule has 0 fully saturated rings. The van der Waals surface area contributed by atoms with Gasteiger partial charge in [-0.3, -0.25) is 4.72 Å². The van der Waals surface area contributed by atoms with E-state index in [-0.39, 0.29) is 29.5 Å². The summed E-state index contributed by atoms with van der Waals surface area (Å²) >= 11 is 0. The van der Waals surface area contributed by atoms with Gasteiger partial charge in [-0.2, -0.15) is 0 Å². The number of phenols is 1. The predicted octanol–water partition coefficient (Wildman–Crippen LogP) is 0.891. The highest BCUT2D eigenvalue weighted by Gasteiger charge is 2.16. The van der Waals surface area contributed by atoms with Crippen molar-refractivity contribution in [3.63, 3.8) is 0 Å². The number of hydrogen-bond donors (Lipinski definition) is 4. The molecule has 0 aliphatic rings. The molecule has 124 valence electrons. The van der Waals surface area contributed by atoms with Crippen molar-refractivity contribution in [2.75, 3.05) is 17.9 Å². The van der Waals surface area contributed by atoms with Crippen molar-refractivity contribution in [1.29, 1.82) is 0 Å². The number of benzene rings is 2. The van der Waals surface area contributed by atoms with Crippen LogP contribution < -0.4 is 15.2 Å². The first kappa shape index (κ1) is 17.1. The Hall–Kier alpha value is -2.29. The fraction of sp³-hybridized carbons (Fsp3) is 0.200. The number of nitrogens with two attached hydrogens (primary N) is 1. The van der Waals surface area contributed by atoms with Gasteiger partial charge in [0.15, 0.2) is 0 Å². The predicted molar refractivity (Wildman–Crippen MR) is 85.9 cm³/mol. The van der Waals surface area contributed by atoms with Gasteiger partial charge in [0.05, 0.1) is 10.6 Å². The van der Waals surface area contributed by atoms with Crippen molar-refractivity contribution in [2.45, 2.75) is 11.0 Å². The maximum atomic E-state index is 12.3. The second-order valence-electron chi connectivity index (χ2n) is 4.80. The lowest BCUT2D eigenvalue weighted by molar-refractivity contribution is 0.114. The molecule has 0 spiro atoms. The van der Waals surface area contributed by atoms with E-state index >= 15 is 0 Å².